The third-order valence-corrected chi connectivity index (χ3v) is 5.24. The Bertz CT molecular complexity index is 793. The molecular formula is C15H18N2O3S2. The zero-order valence-electron chi connectivity index (χ0n) is 12.6. The fourth-order valence-corrected chi connectivity index (χ4v) is 3.60. The summed E-state index contributed by atoms with van der Waals surface area (Å²) in [5, 5.41) is 7.97. The first kappa shape index (κ1) is 16.7. The molecule has 0 aliphatic carbocycles. The van der Waals surface area contributed by atoms with Crippen LogP contribution in [0.1, 0.15) is 38.6 Å². The molecule has 1 amide bonds. The number of primary sulfonamides is 1. The number of benzene rings is 1. The van der Waals surface area contributed by atoms with E-state index in [1.54, 1.807) is 23.5 Å². The Morgan fingerprint density at radius 3 is 2.27 bits per heavy atom. The number of sulfonamides is 1. The molecule has 118 valence electrons. The van der Waals surface area contributed by atoms with Gasteiger partial charge in [0.2, 0.25) is 10.0 Å². The lowest BCUT2D eigenvalue weighted by molar-refractivity contribution is 0.0939. The fraction of sp³-hybridized carbons (Fsp3) is 0.267. The summed E-state index contributed by atoms with van der Waals surface area (Å²) < 4.78 is 22.5. The van der Waals surface area contributed by atoms with Crippen LogP contribution in [0.25, 0.3) is 0 Å². The van der Waals surface area contributed by atoms with Gasteiger partial charge < -0.3 is 5.32 Å². The minimum atomic E-state index is -3.70. The van der Waals surface area contributed by atoms with E-state index in [0.29, 0.717) is 5.56 Å². The van der Waals surface area contributed by atoms with E-state index in [1.165, 1.54) is 12.1 Å². The van der Waals surface area contributed by atoms with E-state index in [1.807, 2.05) is 26.8 Å². The van der Waals surface area contributed by atoms with Gasteiger partial charge in [0.25, 0.3) is 5.91 Å². The van der Waals surface area contributed by atoms with Crippen LogP contribution < -0.4 is 10.5 Å². The lowest BCUT2D eigenvalue weighted by Gasteiger charge is -2.14. The minimum absolute atomic E-state index is 0.0547. The summed E-state index contributed by atoms with van der Waals surface area (Å²) in [5.74, 6) is -0.134. The normalized spacial score (nSPS) is 12.9. The molecule has 22 heavy (non-hydrogen) atoms. The number of rotatable bonds is 4. The van der Waals surface area contributed by atoms with Gasteiger partial charge in [-0.05, 0) is 44.5 Å². The maximum Gasteiger partial charge on any atom is 0.252 e. The molecule has 1 aromatic heterocycles. The summed E-state index contributed by atoms with van der Waals surface area (Å²) >= 11 is 1.58. The van der Waals surface area contributed by atoms with Gasteiger partial charge in [-0.25, -0.2) is 13.6 Å². The molecule has 1 heterocycles. The number of nitrogens with two attached hydrogens (primary N) is 1. The highest BCUT2D eigenvalue weighted by atomic mass is 32.2. The molecular weight excluding hydrogens is 320 g/mol. The number of hydrogen-bond acceptors (Lipinski definition) is 4. The Morgan fingerprint density at radius 2 is 1.82 bits per heavy atom. The number of amides is 1. The average molecular weight is 338 g/mol. The molecule has 0 saturated heterocycles. The van der Waals surface area contributed by atoms with Gasteiger partial charge in [0.05, 0.1) is 16.5 Å². The standard InChI is InChI=1S/C15H18N2O3S2/c1-9-8-14(11(3)21-9)15(18)17-10(2)12-4-6-13(7-5-12)22(16,19)20/h4-8,10H,1-3H3,(H,17,18)(H2,16,19,20). The van der Waals surface area contributed by atoms with E-state index >= 15 is 0 Å². The van der Waals surface area contributed by atoms with Crippen LogP contribution in [-0.4, -0.2) is 14.3 Å². The zero-order valence-corrected chi connectivity index (χ0v) is 14.2. The smallest absolute Gasteiger partial charge is 0.252 e. The quantitative estimate of drug-likeness (QED) is 0.897. The summed E-state index contributed by atoms with van der Waals surface area (Å²) in [5.41, 5.74) is 1.49. The average Bonchev–Trinajstić information content (AvgIpc) is 2.77. The molecule has 7 heteroatoms. The monoisotopic (exact) mass is 338 g/mol. The molecule has 0 spiro atoms. The summed E-state index contributed by atoms with van der Waals surface area (Å²) in [6.45, 7) is 5.72. The summed E-state index contributed by atoms with van der Waals surface area (Å²) in [6, 6.07) is 7.81. The van der Waals surface area contributed by atoms with E-state index in [-0.39, 0.29) is 16.8 Å². The molecule has 1 aromatic carbocycles. The molecule has 0 aliphatic rings. The van der Waals surface area contributed by atoms with E-state index in [0.717, 1.165) is 15.3 Å². The molecule has 0 fully saturated rings. The molecule has 0 aliphatic heterocycles. The van der Waals surface area contributed by atoms with Gasteiger partial charge in [-0.15, -0.1) is 11.3 Å². The van der Waals surface area contributed by atoms with Gasteiger partial charge in [-0.3, -0.25) is 4.79 Å². The van der Waals surface area contributed by atoms with Gasteiger partial charge in [-0.1, -0.05) is 12.1 Å². The first-order chi connectivity index (χ1) is 10.2. The van der Waals surface area contributed by atoms with Gasteiger partial charge in [0.15, 0.2) is 0 Å². The van der Waals surface area contributed by atoms with Crippen LogP contribution in [0.3, 0.4) is 0 Å². The highest BCUT2D eigenvalue weighted by Crippen LogP contribution is 2.22. The third-order valence-electron chi connectivity index (χ3n) is 3.34. The predicted molar refractivity (Wildman–Crippen MR) is 87.5 cm³/mol. The van der Waals surface area contributed by atoms with Gasteiger partial charge >= 0.3 is 0 Å². The van der Waals surface area contributed by atoms with E-state index in [9.17, 15) is 13.2 Å². The predicted octanol–water partition coefficient (Wildman–Crippen LogP) is 2.50. The number of nitrogens with one attached hydrogen (secondary N) is 1. The number of hydrogen-bond donors (Lipinski definition) is 2. The van der Waals surface area contributed by atoms with Crippen LogP contribution in [0.2, 0.25) is 0 Å². The Morgan fingerprint density at radius 1 is 1.23 bits per heavy atom. The molecule has 0 radical (unpaired) electrons. The van der Waals surface area contributed by atoms with Crippen molar-refractivity contribution in [3.05, 3.63) is 51.2 Å². The molecule has 1 atom stereocenters. The van der Waals surface area contributed by atoms with Crippen molar-refractivity contribution in [1.29, 1.82) is 0 Å². The molecule has 3 N–H and O–H groups in total. The maximum absolute atomic E-state index is 12.3. The third kappa shape index (κ3) is 3.73. The Hall–Kier alpha value is -1.70. The number of carbonyl (C=O) groups is 1. The molecule has 2 rings (SSSR count). The van der Waals surface area contributed by atoms with Crippen LogP contribution in [0.4, 0.5) is 0 Å². The van der Waals surface area contributed by atoms with Crippen LogP contribution in [0, 0.1) is 13.8 Å². The van der Waals surface area contributed by atoms with Crippen LogP contribution in [0.15, 0.2) is 35.2 Å². The van der Waals surface area contributed by atoms with E-state index < -0.39 is 10.0 Å². The van der Waals surface area contributed by atoms with Gasteiger partial charge in [-0.2, -0.15) is 0 Å². The maximum atomic E-state index is 12.3. The fourth-order valence-electron chi connectivity index (χ4n) is 2.16. The molecule has 0 saturated carbocycles. The zero-order chi connectivity index (χ0) is 16.5. The molecule has 1 unspecified atom stereocenters. The number of thiophene rings is 1. The summed E-state index contributed by atoms with van der Waals surface area (Å²) in [7, 11) is -3.70. The first-order valence-electron chi connectivity index (χ1n) is 6.69. The number of aryl methyl sites for hydroxylation is 2. The largest absolute Gasteiger partial charge is 0.345 e. The lowest BCUT2D eigenvalue weighted by atomic mass is 10.1. The SMILES string of the molecule is Cc1cc(C(=O)NC(C)c2ccc(S(N)(=O)=O)cc2)c(C)s1. The summed E-state index contributed by atoms with van der Waals surface area (Å²) in [4.78, 5) is 14.4. The van der Waals surface area contributed by atoms with Crippen molar-refractivity contribution in [2.45, 2.75) is 31.7 Å². The van der Waals surface area contributed by atoms with Crippen molar-refractivity contribution >= 4 is 27.3 Å². The van der Waals surface area contributed by atoms with Crippen molar-refractivity contribution < 1.29 is 13.2 Å². The topological polar surface area (TPSA) is 89.3 Å². The van der Waals surface area contributed by atoms with Crippen molar-refractivity contribution in [3.8, 4) is 0 Å². The van der Waals surface area contributed by atoms with Crippen molar-refractivity contribution in [2.24, 2.45) is 5.14 Å². The van der Waals surface area contributed by atoms with Crippen LogP contribution in [0.5, 0.6) is 0 Å². The van der Waals surface area contributed by atoms with Crippen LogP contribution in [-0.2, 0) is 10.0 Å². The second-order valence-corrected chi connectivity index (χ2v) is 8.16. The Labute approximate surface area is 134 Å². The highest BCUT2D eigenvalue weighted by Gasteiger charge is 2.16. The van der Waals surface area contributed by atoms with Gasteiger partial charge in [0, 0.05) is 9.75 Å². The first-order valence-corrected chi connectivity index (χ1v) is 9.05. The van der Waals surface area contributed by atoms with E-state index in [4.69, 9.17) is 5.14 Å². The highest BCUT2D eigenvalue weighted by molar-refractivity contribution is 7.89. The minimum Gasteiger partial charge on any atom is -0.345 e. The second-order valence-electron chi connectivity index (χ2n) is 5.14. The van der Waals surface area contributed by atoms with Crippen molar-refractivity contribution in [1.82, 2.24) is 5.32 Å². The Kier molecular flexibility index (Phi) is 4.69. The number of carbonyl (C=O) groups excluding carboxylic acids is 1. The van der Waals surface area contributed by atoms with Crippen molar-refractivity contribution in [3.63, 3.8) is 0 Å². The van der Waals surface area contributed by atoms with Crippen LogP contribution >= 0.6 is 11.3 Å². The van der Waals surface area contributed by atoms with Crippen molar-refractivity contribution in [2.75, 3.05) is 0 Å². The lowest BCUT2D eigenvalue weighted by Crippen LogP contribution is -2.26. The molecule has 5 nitrogen and oxygen atoms in total. The molecule has 2 aromatic rings. The van der Waals surface area contributed by atoms with E-state index in [2.05, 4.69) is 5.32 Å². The second kappa shape index (κ2) is 6.20. The van der Waals surface area contributed by atoms with Gasteiger partial charge in [0.1, 0.15) is 0 Å². The Balaban J connectivity index is 2.14. The molecule has 0 bridgehead atoms. The summed E-state index contributed by atoms with van der Waals surface area (Å²) in [6.07, 6.45) is 0.